The van der Waals surface area contributed by atoms with Crippen LogP contribution in [0.4, 0.5) is 5.69 Å². The number of rotatable bonds is 5. The van der Waals surface area contributed by atoms with Crippen molar-refractivity contribution in [2.75, 3.05) is 19.0 Å². The first-order valence-electron chi connectivity index (χ1n) is 5.09. The Balaban J connectivity index is 2.42. The Labute approximate surface area is 96.6 Å². The van der Waals surface area contributed by atoms with E-state index in [0.29, 0.717) is 0 Å². The van der Waals surface area contributed by atoms with Gasteiger partial charge in [0.05, 0.1) is 16.3 Å². The molecule has 0 saturated carbocycles. The zero-order valence-electron chi connectivity index (χ0n) is 9.51. The van der Waals surface area contributed by atoms with Crippen molar-refractivity contribution in [2.45, 2.75) is 25.9 Å². The van der Waals surface area contributed by atoms with Gasteiger partial charge in [0, 0.05) is 13.7 Å². The van der Waals surface area contributed by atoms with Crippen LogP contribution in [0.1, 0.15) is 20.3 Å². The van der Waals surface area contributed by atoms with Crippen molar-refractivity contribution in [2.24, 2.45) is 0 Å². The molecule has 0 fully saturated rings. The van der Waals surface area contributed by atoms with Gasteiger partial charge in [0.2, 0.25) is 0 Å². The molecule has 0 aliphatic carbocycles. The van der Waals surface area contributed by atoms with Gasteiger partial charge in [0.25, 0.3) is 0 Å². The zero-order chi connectivity index (χ0) is 11.3. The van der Waals surface area contributed by atoms with Crippen LogP contribution in [0, 0.1) is 0 Å². The molecule has 1 rings (SSSR count). The number of anilines is 1. The summed E-state index contributed by atoms with van der Waals surface area (Å²) in [6.45, 7) is 4.99. The summed E-state index contributed by atoms with van der Waals surface area (Å²) in [6, 6.07) is 7.75. The first-order valence-corrected chi connectivity index (χ1v) is 5.46. The first-order chi connectivity index (χ1) is 7.05. The Hall–Kier alpha value is -0.730. The van der Waals surface area contributed by atoms with E-state index in [0.717, 1.165) is 23.7 Å². The monoisotopic (exact) mass is 227 g/mol. The lowest BCUT2D eigenvalue weighted by Crippen LogP contribution is -2.25. The van der Waals surface area contributed by atoms with Crippen molar-refractivity contribution in [1.29, 1.82) is 0 Å². The molecular formula is C12H18ClNO. The highest BCUT2D eigenvalue weighted by atomic mass is 35.5. The Morgan fingerprint density at radius 3 is 2.60 bits per heavy atom. The summed E-state index contributed by atoms with van der Waals surface area (Å²) in [5.74, 6) is 0. The Bertz CT molecular complexity index is 312. The van der Waals surface area contributed by atoms with E-state index in [1.54, 1.807) is 7.11 Å². The molecule has 0 aromatic heterocycles. The van der Waals surface area contributed by atoms with Crippen molar-refractivity contribution in [1.82, 2.24) is 0 Å². The van der Waals surface area contributed by atoms with Crippen LogP contribution >= 0.6 is 11.6 Å². The molecule has 1 aromatic rings. The van der Waals surface area contributed by atoms with Crippen LogP contribution in [-0.4, -0.2) is 19.3 Å². The quantitative estimate of drug-likeness (QED) is 0.831. The molecule has 0 radical (unpaired) electrons. The van der Waals surface area contributed by atoms with E-state index in [-0.39, 0.29) is 5.60 Å². The molecule has 15 heavy (non-hydrogen) atoms. The zero-order valence-corrected chi connectivity index (χ0v) is 10.3. The fourth-order valence-corrected chi connectivity index (χ4v) is 1.41. The third kappa shape index (κ3) is 4.10. The van der Waals surface area contributed by atoms with Crippen LogP contribution in [0.15, 0.2) is 24.3 Å². The van der Waals surface area contributed by atoms with Crippen LogP contribution in [0.2, 0.25) is 5.02 Å². The smallest absolute Gasteiger partial charge is 0.0639 e. The summed E-state index contributed by atoms with van der Waals surface area (Å²) >= 11 is 6.01. The average molecular weight is 228 g/mol. The predicted octanol–water partition coefficient (Wildman–Crippen LogP) is 3.57. The standard InChI is InChI=1S/C12H18ClNO/c1-12(2,15-3)8-9-14-11-7-5-4-6-10(11)13/h4-7,14H,8-9H2,1-3H3. The number of halogens is 1. The van der Waals surface area contributed by atoms with Gasteiger partial charge in [-0.25, -0.2) is 0 Å². The predicted molar refractivity (Wildman–Crippen MR) is 65.6 cm³/mol. The molecule has 0 atom stereocenters. The lowest BCUT2D eigenvalue weighted by molar-refractivity contribution is 0.0185. The number of para-hydroxylation sites is 1. The van der Waals surface area contributed by atoms with Gasteiger partial charge in [-0.3, -0.25) is 0 Å². The van der Waals surface area contributed by atoms with Crippen molar-refractivity contribution in [3.05, 3.63) is 29.3 Å². The summed E-state index contributed by atoms with van der Waals surface area (Å²) in [7, 11) is 1.73. The second-order valence-corrected chi connectivity index (χ2v) is 4.53. The van der Waals surface area contributed by atoms with Crippen LogP contribution in [0.3, 0.4) is 0 Å². The molecule has 1 N–H and O–H groups in total. The van der Waals surface area contributed by atoms with Gasteiger partial charge < -0.3 is 10.1 Å². The van der Waals surface area contributed by atoms with Crippen molar-refractivity contribution < 1.29 is 4.74 Å². The Kier molecular flexibility index (Phi) is 4.43. The molecule has 2 nitrogen and oxygen atoms in total. The summed E-state index contributed by atoms with van der Waals surface area (Å²) in [5.41, 5.74) is 0.889. The molecule has 0 bridgehead atoms. The van der Waals surface area contributed by atoms with Gasteiger partial charge in [-0.2, -0.15) is 0 Å². The highest BCUT2D eigenvalue weighted by Gasteiger charge is 2.15. The number of hydrogen-bond acceptors (Lipinski definition) is 2. The van der Waals surface area contributed by atoms with Crippen molar-refractivity contribution >= 4 is 17.3 Å². The molecule has 1 aromatic carbocycles. The van der Waals surface area contributed by atoms with Gasteiger partial charge in [0.15, 0.2) is 0 Å². The number of ether oxygens (including phenoxy) is 1. The molecule has 0 saturated heterocycles. The average Bonchev–Trinajstić information content (AvgIpc) is 2.21. The minimum atomic E-state index is -0.0890. The van der Waals surface area contributed by atoms with Crippen LogP contribution in [0.5, 0.6) is 0 Å². The van der Waals surface area contributed by atoms with Gasteiger partial charge in [0.1, 0.15) is 0 Å². The summed E-state index contributed by atoms with van der Waals surface area (Å²) in [5, 5.41) is 4.05. The fourth-order valence-electron chi connectivity index (χ4n) is 1.20. The maximum atomic E-state index is 6.01. The SMILES string of the molecule is COC(C)(C)CCNc1ccccc1Cl. The number of nitrogens with one attached hydrogen (secondary N) is 1. The second-order valence-electron chi connectivity index (χ2n) is 4.12. The highest BCUT2D eigenvalue weighted by molar-refractivity contribution is 6.33. The summed E-state index contributed by atoms with van der Waals surface area (Å²) in [6.07, 6.45) is 0.939. The Morgan fingerprint density at radius 1 is 1.33 bits per heavy atom. The second kappa shape index (κ2) is 5.38. The molecular weight excluding hydrogens is 210 g/mol. The molecule has 0 amide bonds. The van der Waals surface area contributed by atoms with Gasteiger partial charge >= 0.3 is 0 Å². The molecule has 0 heterocycles. The van der Waals surface area contributed by atoms with E-state index in [1.807, 2.05) is 24.3 Å². The molecule has 0 aliphatic rings. The third-order valence-electron chi connectivity index (χ3n) is 2.47. The lowest BCUT2D eigenvalue weighted by Gasteiger charge is -2.23. The van der Waals surface area contributed by atoms with Gasteiger partial charge in [-0.15, -0.1) is 0 Å². The minimum absolute atomic E-state index is 0.0890. The first kappa shape index (κ1) is 12.3. The van der Waals surface area contributed by atoms with Crippen molar-refractivity contribution in [3.8, 4) is 0 Å². The van der Waals surface area contributed by atoms with E-state index < -0.39 is 0 Å². The lowest BCUT2D eigenvalue weighted by atomic mass is 10.1. The van der Waals surface area contributed by atoms with Gasteiger partial charge in [-0.1, -0.05) is 23.7 Å². The van der Waals surface area contributed by atoms with Crippen LogP contribution in [0.25, 0.3) is 0 Å². The van der Waals surface area contributed by atoms with Crippen LogP contribution in [-0.2, 0) is 4.74 Å². The number of benzene rings is 1. The Morgan fingerprint density at radius 2 is 2.00 bits per heavy atom. The molecule has 0 spiro atoms. The third-order valence-corrected chi connectivity index (χ3v) is 2.80. The van der Waals surface area contributed by atoms with E-state index in [4.69, 9.17) is 16.3 Å². The van der Waals surface area contributed by atoms with E-state index in [9.17, 15) is 0 Å². The normalized spacial score (nSPS) is 11.5. The number of hydrogen-bond donors (Lipinski definition) is 1. The van der Waals surface area contributed by atoms with E-state index >= 15 is 0 Å². The molecule has 0 unspecified atom stereocenters. The molecule has 0 aliphatic heterocycles. The summed E-state index contributed by atoms with van der Waals surface area (Å²) < 4.78 is 5.33. The van der Waals surface area contributed by atoms with Gasteiger partial charge in [-0.05, 0) is 32.4 Å². The topological polar surface area (TPSA) is 21.3 Å². The maximum absolute atomic E-state index is 6.01. The van der Waals surface area contributed by atoms with E-state index in [2.05, 4.69) is 19.2 Å². The highest BCUT2D eigenvalue weighted by Crippen LogP contribution is 2.21. The molecule has 3 heteroatoms. The molecule has 84 valence electrons. The largest absolute Gasteiger partial charge is 0.384 e. The number of methoxy groups -OCH3 is 1. The fraction of sp³-hybridized carbons (Fsp3) is 0.500. The van der Waals surface area contributed by atoms with Crippen LogP contribution < -0.4 is 5.32 Å². The minimum Gasteiger partial charge on any atom is -0.384 e. The van der Waals surface area contributed by atoms with Crippen molar-refractivity contribution in [3.63, 3.8) is 0 Å². The summed E-state index contributed by atoms with van der Waals surface area (Å²) in [4.78, 5) is 0. The van der Waals surface area contributed by atoms with E-state index in [1.165, 1.54) is 0 Å². The maximum Gasteiger partial charge on any atom is 0.0639 e.